The second-order valence-corrected chi connectivity index (χ2v) is 14.2. The summed E-state index contributed by atoms with van der Waals surface area (Å²) in [5.74, 6) is -0.332. The van der Waals surface area contributed by atoms with Gasteiger partial charge in [-0.3, -0.25) is 13.8 Å². The predicted octanol–water partition coefficient (Wildman–Crippen LogP) is 10.7. The van der Waals surface area contributed by atoms with Crippen molar-refractivity contribution in [3.63, 3.8) is 0 Å². The van der Waals surface area contributed by atoms with Crippen LogP contribution in [0.2, 0.25) is 0 Å². The van der Waals surface area contributed by atoms with Gasteiger partial charge >= 0.3 is 13.8 Å². The number of carbonyl (C=O) groups excluding carboxylic acids is 1. The predicted molar refractivity (Wildman–Crippen MR) is 192 cm³/mol. The second-order valence-electron chi connectivity index (χ2n) is 12.8. The minimum Gasteiger partial charge on any atom is -0.457 e. The van der Waals surface area contributed by atoms with Crippen LogP contribution in [-0.4, -0.2) is 49.9 Å². The number of hydrogen-bond acceptors (Lipinski definition) is 7. The lowest BCUT2D eigenvalue weighted by Crippen LogP contribution is -2.28. The minimum absolute atomic E-state index is 0.0931. The molecule has 2 unspecified atom stereocenters. The van der Waals surface area contributed by atoms with E-state index < -0.39 is 13.9 Å². The van der Waals surface area contributed by atoms with E-state index in [9.17, 15) is 14.3 Å². The molecular formula is C37H74NO7P. The number of unbranched alkanes of at least 4 members (excludes halogenated alkanes) is 22. The van der Waals surface area contributed by atoms with Crippen molar-refractivity contribution in [2.24, 2.45) is 5.73 Å². The quantitative estimate of drug-likeness (QED) is 0.0289. The highest BCUT2D eigenvalue weighted by molar-refractivity contribution is 7.47. The Kier molecular flexibility index (Phi) is 35.0. The molecule has 0 aliphatic heterocycles. The Balaban J connectivity index is 3.97. The summed E-state index contributed by atoms with van der Waals surface area (Å²) >= 11 is 0. The Morgan fingerprint density at radius 3 is 1.59 bits per heavy atom. The van der Waals surface area contributed by atoms with Gasteiger partial charge in [0.15, 0.2) is 0 Å². The van der Waals surface area contributed by atoms with E-state index in [4.69, 9.17) is 24.3 Å². The van der Waals surface area contributed by atoms with Gasteiger partial charge in [0.1, 0.15) is 6.10 Å². The Morgan fingerprint density at radius 2 is 1.09 bits per heavy atom. The number of ether oxygens (including phenoxy) is 2. The number of carbonyl (C=O) groups is 1. The van der Waals surface area contributed by atoms with Gasteiger partial charge in [-0.25, -0.2) is 4.57 Å². The number of hydrogen-bond donors (Lipinski definition) is 2. The van der Waals surface area contributed by atoms with Gasteiger partial charge in [-0.15, -0.1) is 0 Å². The Labute approximate surface area is 283 Å². The topological polar surface area (TPSA) is 117 Å². The van der Waals surface area contributed by atoms with E-state index in [1.165, 1.54) is 128 Å². The lowest BCUT2D eigenvalue weighted by atomic mass is 10.1. The second kappa shape index (κ2) is 35.5. The molecule has 0 aliphatic rings. The van der Waals surface area contributed by atoms with Gasteiger partial charge in [-0.2, -0.15) is 0 Å². The highest BCUT2D eigenvalue weighted by Gasteiger charge is 2.25. The number of phosphoric ester groups is 1. The van der Waals surface area contributed by atoms with Crippen LogP contribution in [0.5, 0.6) is 0 Å². The summed E-state index contributed by atoms with van der Waals surface area (Å²) in [4.78, 5) is 22.3. The maximum atomic E-state index is 12.5. The van der Waals surface area contributed by atoms with Crippen LogP contribution in [0.4, 0.5) is 0 Å². The molecule has 0 amide bonds. The molecule has 0 rings (SSSR count). The molecule has 0 heterocycles. The zero-order valence-electron chi connectivity index (χ0n) is 30.1. The fourth-order valence-electron chi connectivity index (χ4n) is 5.34. The zero-order valence-corrected chi connectivity index (χ0v) is 31.0. The maximum Gasteiger partial charge on any atom is 0.472 e. The van der Waals surface area contributed by atoms with Crippen molar-refractivity contribution >= 4 is 13.8 Å². The van der Waals surface area contributed by atoms with Crippen molar-refractivity contribution in [3.05, 3.63) is 12.2 Å². The molecule has 0 aromatic rings. The van der Waals surface area contributed by atoms with E-state index in [0.29, 0.717) is 13.0 Å². The Bertz CT molecular complexity index is 722. The first kappa shape index (κ1) is 45.2. The average molecular weight is 676 g/mol. The van der Waals surface area contributed by atoms with Gasteiger partial charge in [0.25, 0.3) is 0 Å². The molecule has 9 heteroatoms. The van der Waals surface area contributed by atoms with E-state index in [1.54, 1.807) is 0 Å². The van der Waals surface area contributed by atoms with E-state index in [-0.39, 0.29) is 32.3 Å². The molecule has 0 aromatic carbocycles. The summed E-state index contributed by atoms with van der Waals surface area (Å²) < 4.78 is 33.2. The molecule has 0 aliphatic carbocycles. The monoisotopic (exact) mass is 676 g/mol. The number of phosphoric acid groups is 1. The summed E-state index contributed by atoms with van der Waals surface area (Å²) in [6.45, 7) is 4.91. The first-order chi connectivity index (χ1) is 22.4. The number of esters is 1. The molecule has 2 atom stereocenters. The summed E-state index contributed by atoms with van der Waals surface area (Å²) in [5, 5.41) is 0. The van der Waals surface area contributed by atoms with Crippen molar-refractivity contribution < 1.29 is 32.8 Å². The lowest BCUT2D eigenvalue weighted by Gasteiger charge is -2.20. The van der Waals surface area contributed by atoms with Crippen LogP contribution in [0.3, 0.4) is 0 Å². The molecule has 0 saturated heterocycles. The van der Waals surface area contributed by atoms with Crippen molar-refractivity contribution in [2.75, 3.05) is 33.0 Å². The van der Waals surface area contributed by atoms with Crippen LogP contribution in [0.25, 0.3) is 0 Å². The summed E-state index contributed by atoms with van der Waals surface area (Å²) in [5.41, 5.74) is 5.34. The Morgan fingerprint density at radius 1 is 0.630 bits per heavy atom. The molecule has 0 spiro atoms. The summed E-state index contributed by atoms with van der Waals surface area (Å²) in [7, 11) is -4.26. The minimum atomic E-state index is -4.26. The number of allylic oxidation sites excluding steroid dienone is 2. The summed E-state index contributed by atoms with van der Waals surface area (Å²) in [6, 6.07) is 0. The van der Waals surface area contributed by atoms with E-state index >= 15 is 0 Å². The average Bonchev–Trinajstić information content (AvgIpc) is 3.04. The molecule has 0 saturated carbocycles. The van der Waals surface area contributed by atoms with Crippen LogP contribution in [-0.2, 0) is 27.9 Å². The summed E-state index contributed by atoms with van der Waals surface area (Å²) in [6.07, 6.45) is 35.1. The third-order valence-electron chi connectivity index (χ3n) is 8.18. The number of rotatable bonds is 37. The molecule has 3 N–H and O–H groups in total. The fraction of sp³-hybridized carbons (Fsp3) is 0.919. The number of nitrogens with two attached hydrogens (primary N) is 1. The van der Waals surface area contributed by atoms with E-state index in [1.807, 2.05) is 0 Å². The molecule has 0 aromatic heterocycles. The first-order valence-electron chi connectivity index (χ1n) is 19.2. The van der Waals surface area contributed by atoms with E-state index in [2.05, 4.69) is 26.0 Å². The largest absolute Gasteiger partial charge is 0.472 e. The van der Waals surface area contributed by atoms with Gasteiger partial charge in [0.2, 0.25) is 0 Å². The molecular weight excluding hydrogens is 601 g/mol. The SMILES string of the molecule is CCCCCCCC/C=C\CCCCCCCCCCCC(=O)OC(COCCCCCCCCCC)COP(=O)(O)OCCN. The van der Waals surface area contributed by atoms with Gasteiger partial charge < -0.3 is 20.1 Å². The first-order valence-corrected chi connectivity index (χ1v) is 20.7. The lowest BCUT2D eigenvalue weighted by molar-refractivity contribution is -0.154. The van der Waals surface area contributed by atoms with Crippen molar-refractivity contribution in [1.29, 1.82) is 0 Å². The zero-order chi connectivity index (χ0) is 33.8. The molecule has 0 bridgehead atoms. The molecule has 274 valence electrons. The van der Waals surface area contributed by atoms with Crippen LogP contribution in [0.1, 0.15) is 181 Å². The molecule has 0 fully saturated rings. The highest BCUT2D eigenvalue weighted by Crippen LogP contribution is 2.43. The van der Waals surface area contributed by atoms with E-state index in [0.717, 1.165) is 32.1 Å². The van der Waals surface area contributed by atoms with Crippen LogP contribution >= 0.6 is 7.82 Å². The molecule has 0 radical (unpaired) electrons. The van der Waals surface area contributed by atoms with Gasteiger partial charge in [0.05, 0.1) is 19.8 Å². The van der Waals surface area contributed by atoms with Crippen molar-refractivity contribution in [2.45, 2.75) is 187 Å². The Hall–Kier alpha value is -0.760. The van der Waals surface area contributed by atoms with Crippen molar-refractivity contribution in [3.8, 4) is 0 Å². The van der Waals surface area contributed by atoms with Gasteiger partial charge in [-0.1, -0.05) is 148 Å². The normalized spacial score (nSPS) is 13.7. The molecule has 8 nitrogen and oxygen atoms in total. The van der Waals surface area contributed by atoms with Crippen LogP contribution < -0.4 is 5.73 Å². The van der Waals surface area contributed by atoms with Crippen molar-refractivity contribution in [1.82, 2.24) is 0 Å². The third-order valence-corrected chi connectivity index (χ3v) is 9.17. The third kappa shape index (κ3) is 34.6. The smallest absolute Gasteiger partial charge is 0.457 e. The van der Waals surface area contributed by atoms with Gasteiger partial charge in [-0.05, 0) is 38.5 Å². The van der Waals surface area contributed by atoms with Gasteiger partial charge in [0, 0.05) is 19.6 Å². The fourth-order valence-corrected chi connectivity index (χ4v) is 6.11. The standard InChI is InChI=1S/C37H74NO7P/c1-3-5-7-9-11-13-14-15-16-17-18-19-20-21-22-23-24-26-28-30-37(39)45-36(35-44-46(40,41)43-33-31-38)34-42-32-29-27-25-12-10-8-6-4-2/h15-16,36H,3-14,17-35,38H2,1-2H3,(H,40,41)/b16-15-. The molecule has 46 heavy (non-hydrogen) atoms. The van der Waals surface area contributed by atoms with Crippen LogP contribution in [0.15, 0.2) is 12.2 Å². The van der Waals surface area contributed by atoms with Crippen LogP contribution in [0, 0.1) is 0 Å². The highest BCUT2D eigenvalue weighted by atomic mass is 31.2. The maximum absolute atomic E-state index is 12.5.